The molecule has 0 unspecified atom stereocenters. The summed E-state index contributed by atoms with van der Waals surface area (Å²) in [5.41, 5.74) is 0.980. The van der Waals surface area contributed by atoms with E-state index in [-0.39, 0.29) is 12.5 Å². The number of carboxylic acid groups (broad SMARTS) is 1. The SMILES string of the molecule is C=C(C)[C@H](CCC(=O)O)NC. The smallest absolute Gasteiger partial charge is 0.303 e. The minimum atomic E-state index is -0.758. The van der Waals surface area contributed by atoms with Crippen molar-refractivity contribution in [3.05, 3.63) is 12.2 Å². The van der Waals surface area contributed by atoms with Gasteiger partial charge in [0, 0.05) is 12.5 Å². The van der Waals surface area contributed by atoms with Crippen molar-refractivity contribution in [3.8, 4) is 0 Å². The molecule has 3 nitrogen and oxygen atoms in total. The lowest BCUT2D eigenvalue weighted by Crippen LogP contribution is -2.26. The van der Waals surface area contributed by atoms with E-state index in [9.17, 15) is 4.79 Å². The Hall–Kier alpha value is -0.830. The zero-order chi connectivity index (χ0) is 8.85. The van der Waals surface area contributed by atoms with Gasteiger partial charge in [-0.2, -0.15) is 0 Å². The molecule has 0 radical (unpaired) electrons. The van der Waals surface area contributed by atoms with Gasteiger partial charge in [-0.25, -0.2) is 0 Å². The van der Waals surface area contributed by atoms with E-state index in [2.05, 4.69) is 11.9 Å². The van der Waals surface area contributed by atoms with Gasteiger partial charge in [0.2, 0.25) is 0 Å². The normalized spacial score (nSPS) is 12.5. The first kappa shape index (κ1) is 10.2. The predicted molar refractivity (Wildman–Crippen MR) is 44.5 cm³/mol. The van der Waals surface area contributed by atoms with E-state index in [1.165, 1.54) is 0 Å². The third kappa shape index (κ3) is 4.56. The van der Waals surface area contributed by atoms with Crippen LogP contribution in [0.2, 0.25) is 0 Å². The molecular weight excluding hydrogens is 142 g/mol. The zero-order valence-corrected chi connectivity index (χ0v) is 7.05. The van der Waals surface area contributed by atoms with Crippen LogP contribution in [0.4, 0.5) is 0 Å². The summed E-state index contributed by atoms with van der Waals surface area (Å²) in [5, 5.41) is 11.4. The first-order valence-electron chi connectivity index (χ1n) is 3.62. The Kier molecular flexibility index (Phi) is 4.54. The highest BCUT2D eigenvalue weighted by Crippen LogP contribution is 2.04. The molecule has 0 saturated carbocycles. The minimum absolute atomic E-state index is 0.131. The number of carbonyl (C=O) groups is 1. The van der Waals surface area contributed by atoms with E-state index in [0.29, 0.717) is 6.42 Å². The maximum absolute atomic E-state index is 10.2. The van der Waals surface area contributed by atoms with Gasteiger partial charge in [-0.3, -0.25) is 4.79 Å². The van der Waals surface area contributed by atoms with Crippen LogP contribution < -0.4 is 5.32 Å². The predicted octanol–water partition coefficient (Wildman–Crippen LogP) is 1.02. The molecule has 2 N–H and O–H groups in total. The second-order valence-electron chi connectivity index (χ2n) is 2.62. The molecule has 0 saturated heterocycles. The average molecular weight is 157 g/mol. The third-order valence-electron chi connectivity index (χ3n) is 1.59. The molecule has 0 aromatic heterocycles. The van der Waals surface area contributed by atoms with Gasteiger partial charge in [0.15, 0.2) is 0 Å². The summed E-state index contributed by atoms with van der Waals surface area (Å²) in [6.07, 6.45) is 0.805. The van der Waals surface area contributed by atoms with E-state index < -0.39 is 5.97 Å². The summed E-state index contributed by atoms with van der Waals surface area (Å²) in [6, 6.07) is 0.131. The Bertz CT molecular complexity index is 154. The molecule has 0 fully saturated rings. The standard InChI is InChI=1S/C8H15NO2/c1-6(2)7(9-3)4-5-8(10)11/h7,9H,1,4-5H2,2-3H3,(H,10,11)/t7-/m0/s1. The van der Waals surface area contributed by atoms with Gasteiger partial charge in [-0.15, -0.1) is 0 Å². The second-order valence-corrected chi connectivity index (χ2v) is 2.62. The molecule has 64 valence electrons. The van der Waals surface area contributed by atoms with Crippen molar-refractivity contribution in [3.63, 3.8) is 0 Å². The van der Waals surface area contributed by atoms with Crippen LogP contribution in [-0.4, -0.2) is 24.2 Å². The van der Waals surface area contributed by atoms with Crippen molar-refractivity contribution in [1.29, 1.82) is 0 Å². The third-order valence-corrected chi connectivity index (χ3v) is 1.59. The zero-order valence-electron chi connectivity index (χ0n) is 7.05. The molecule has 3 heteroatoms. The van der Waals surface area contributed by atoms with E-state index in [4.69, 9.17) is 5.11 Å². The van der Waals surface area contributed by atoms with Crippen molar-refractivity contribution < 1.29 is 9.90 Å². The summed E-state index contributed by atoms with van der Waals surface area (Å²) in [6.45, 7) is 5.64. The molecular formula is C8H15NO2. The van der Waals surface area contributed by atoms with Crippen molar-refractivity contribution in [2.75, 3.05) is 7.05 Å². The Balaban J connectivity index is 3.70. The Morgan fingerprint density at radius 3 is 2.55 bits per heavy atom. The summed E-state index contributed by atoms with van der Waals surface area (Å²) in [7, 11) is 1.81. The molecule has 0 aromatic carbocycles. The lowest BCUT2D eigenvalue weighted by molar-refractivity contribution is -0.137. The van der Waals surface area contributed by atoms with E-state index >= 15 is 0 Å². The average Bonchev–Trinajstić information content (AvgIpc) is 1.87. The molecule has 0 aromatic rings. The van der Waals surface area contributed by atoms with Crippen LogP contribution in [0.25, 0.3) is 0 Å². The highest BCUT2D eigenvalue weighted by molar-refractivity contribution is 5.66. The maximum atomic E-state index is 10.2. The van der Waals surface area contributed by atoms with Crippen LogP contribution in [0.15, 0.2) is 12.2 Å². The first-order chi connectivity index (χ1) is 5.07. The lowest BCUT2D eigenvalue weighted by Gasteiger charge is -2.13. The Morgan fingerprint density at radius 2 is 2.27 bits per heavy atom. The summed E-state index contributed by atoms with van der Waals surface area (Å²) in [4.78, 5) is 10.2. The Morgan fingerprint density at radius 1 is 1.73 bits per heavy atom. The van der Waals surface area contributed by atoms with Crippen LogP contribution in [0.1, 0.15) is 19.8 Å². The van der Waals surface area contributed by atoms with Crippen molar-refractivity contribution in [2.24, 2.45) is 0 Å². The molecule has 0 rings (SSSR count). The number of aliphatic carboxylic acids is 1. The lowest BCUT2D eigenvalue weighted by atomic mass is 10.1. The molecule has 0 bridgehead atoms. The van der Waals surface area contributed by atoms with Crippen LogP contribution in [-0.2, 0) is 4.79 Å². The van der Waals surface area contributed by atoms with Gasteiger partial charge in [0.1, 0.15) is 0 Å². The van der Waals surface area contributed by atoms with Crippen LogP contribution in [0, 0.1) is 0 Å². The molecule has 11 heavy (non-hydrogen) atoms. The quantitative estimate of drug-likeness (QED) is 0.586. The fourth-order valence-electron chi connectivity index (χ4n) is 0.905. The first-order valence-corrected chi connectivity index (χ1v) is 3.62. The fourth-order valence-corrected chi connectivity index (χ4v) is 0.905. The van der Waals surface area contributed by atoms with Crippen molar-refractivity contribution in [2.45, 2.75) is 25.8 Å². The monoisotopic (exact) mass is 157 g/mol. The van der Waals surface area contributed by atoms with Crippen LogP contribution in [0.3, 0.4) is 0 Å². The van der Waals surface area contributed by atoms with E-state index in [1.54, 1.807) is 7.05 Å². The van der Waals surface area contributed by atoms with Crippen molar-refractivity contribution >= 4 is 5.97 Å². The number of hydrogen-bond acceptors (Lipinski definition) is 2. The van der Waals surface area contributed by atoms with Gasteiger partial charge in [-0.05, 0) is 20.4 Å². The second kappa shape index (κ2) is 4.91. The molecule has 0 aliphatic heterocycles. The number of hydrogen-bond donors (Lipinski definition) is 2. The van der Waals surface area contributed by atoms with Gasteiger partial charge in [0.05, 0.1) is 0 Å². The van der Waals surface area contributed by atoms with Gasteiger partial charge in [0.25, 0.3) is 0 Å². The summed E-state index contributed by atoms with van der Waals surface area (Å²) in [5.74, 6) is -0.758. The molecule has 0 heterocycles. The number of likely N-dealkylation sites (N-methyl/N-ethyl adjacent to an activating group) is 1. The van der Waals surface area contributed by atoms with Gasteiger partial charge < -0.3 is 10.4 Å². The van der Waals surface area contributed by atoms with Gasteiger partial charge in [-0.1, -0.05) is 12.2 Å². The fraction of sp³-hybridized carbons (Fsp3) is 0.625. The molecule has 0 aliphatic rings. The number of carboxylic acids is 1. The topological polar surface area (TPSA) is 49.3 Å². The van der Waals surface area contributed by atoms with Crippen LogP contribution >= 0.6 is 0 Å². The Labute approximate surface area is 67.1 Å². The summed E-state index contributed by atoms with van der Waals surface area (Å²) >= 11 is 0. The highest BCUT2D eigenvalue weighted by Gasteiger charge is 2.07. The molecule has 0 aliphatic carbocycles. The van der Waals surface area contributed by atoms with E-state index in [1.807, 2.05) is 6.92 Å². The highest BCUT2D eigenvalue weighted by atomic mass is 16.4. The number of rotatable bonds is 5. The maximum Gasteiger partial charge on any atom is 0.303 e. The van der Waals surface area contributed by atoms with E-state index in [0.717, 1.165) is 5.57 Å². The molecule has 0 amide bonds. The largest absolute Gasteiger partial charge is 0.481 e. The minimum Gasteiger partial charge on any atom is -0.481 e. The van der Waals surface area contributed by atoms with Crippen LogP contribution in [0.5, 0.6) is 0 Å². The van der Waals surface area contributed by atoms with Crippen molar-refractivity contribution in [1.82, 2.24) is 5.32 Å². The van der Waals surface area contributed by atoms with Gasteiger partial charge >= 0.3 is 5.97 Å². The summed E-state index contributed by atoms with van der Waals surface area (Å²) < 4.78 is 0. The molecule has 1 atom stereocenters. The molecule has 0 spiro atoms. The number of nitrogens with one attached hydrogen (secondary N) is 1.